The lowest BCUT2D eigenvalue weighted by molar-refractivity contribution is 0.0970. The van der Waals surface area contributed by atoms with E-state index in [1.807, 2.05) is 32.0 Å². The highest BCUT2D eigenvalue weighted by Gasteiger charge is 2.44. The van der Waals surface area contributed by atoms with Gasteiger partial charge in [-0.25, -0.2) is 4.98 Å². The van der Waals surface area contributed by atoms with Crippen LogP contribution in [0.4, 0.5) is 5.82 Å². The predicted octanol–water partition coefficient (Wildman–Crippen LogP) is 5.97. The summed E-state index contributed by atoms with van der Waals surface area (Å²) in [6.07, 6.45) is 3.29. The normalized spacial score (nSPS) is 14.7. The van der Waals surface area contributed by atoms with Crippen molar-refractivity contribution in [3.05, 3.63) is 105 Å². The first-order valence-electron chi connectivity index (χ1n) is 11.5. The van der Waals surface area contributed by atoms with Gasteiger partial charge in [-0.15, -0.1) is 0 Å². The molecule has 36 heavy (non-hydrogen) atoms. The van der Waals surface area contributed by atoms with E-state index in [0.29, 0.717) is 47.1 Å². The van der Waals surface area contributed by atoms with E-state index in [0.717, 1.165) is 10.0 Å². The van der Waals surface area contributed by atoms with E-state index >= 15 is 0 Å². The first kappa shape index (κ1) is 23.8. The number of halogens is 1. The van der Waals surface area contributed by atoms with Crippen LogP contribution in [0, 0.1) is 6.92 Å². The number of anilines is 1. The van der Waals surface area contributed by atoms with Gasteiger partial charge in [0.1, 0.15) is 18.0 Å². The van der Waals surface area contributed by atoms with Crippen LogP contribution in [-0.4, -0.2) is 24.1 Å². The van der Waals surface area contributed by atoms with Gasteiger partial charge in [-0.1, -0.05) is 34.7 Å². The molecular weight excluding hydrogens is 524 g/mol. The van der Waals surface area contributed by atoms with Crippen molar-refractivity contribution in [2.75, 3.05) is 18.1 Å². The molecule has 2 aromatic heterocycles. The predicted molar refractivity (Wildman–Crippen MR) is 141 cm³/mol. The molecule has 8 heteroatoms. The number of fused-ring (bicyclic) bond motifs is 2. The van der Waals surface area contributed by atoms with Crippen molar-refractivity contribution < 1.29 is 18.7 Å². The lowest BCUT2D eigenvalue weighted by Crippen LogP contribution is -2.30. The molecule has 4 aromatic rings. The van der Waals surface area contributed by atoms with Crippen molar-refractivity contribution in [1.29, 1.82) is 0 Å². The Morgan fingerprint density at radius 2 is 1.94 bits per heavy atom. The van der Waals surface area contributed by atoms with E-state index in [-0.39, 0.29) is 16.8 Å². The fraction of sp³-hybridized carbons (Fsp3) is 0.179. The number of aryl methyl sites for hydroxylation is 1. The molecule has 1 amide bonds. The molecular formula is C28H23BrN2O5. The summed E-state index contributed by atoms with van der Waals surface area (Å²) in [5.41, 5.74) is 1.93. The fourth-order valence-electron chi connectivity index (χ4n) is 4.38. The van der Waals surface area contributed by atoms with Crippen molar-refractivity contribution >= 4 is 38.6 Å². The van der Waals surface area contributed by atoms with Gasteiger partial charge in [0.15, 0.2) is 16.9 Å². The van der Waals surface area contributed by atoms with Gasteiger partial charge in [-0.3, -0.25) is 14.5 Å². The van der Waals surface area contributed by atoms with Crippen molar-refractivity contribution in [1.82, 2.24) is 4.98 Å². The van der Waals surface area contributed by atoms with Crippen LogP contribution in [0.25, 0.3) is 11.0 Å². The van der Waals surface area contributed by atoms with Gasteiger partial charge in [0.05, 0.1) is 23.6 Å². The van der Waals surface area contributed by atoms with E-state index in [1.54, 1.807) is 42.6 Å². The van der Waals surface area contributed by atoms with Crippen LogP contribution in [0.1, 0.15) is 40.2 Å². The van der Waals surface area contributed by atoms with Crippen LogP contribution in [0.15, 0.2) is 81.1 Å². The molecule has 1 aliphatic heterocycles. The minimum atomic E-state index is -0.769. The molecule has 1 aliphatic rings. The Balaban J connectivity index is 1.76. The van der Waals surface area contributed by atoms with Crippen LogP contribution in [0.2, 0.25) is 0 Å². The highest BCUT2D eigenvalue weighted by molar-refractivity contribution is 9.10. The molecule has 0 bridgehead atoms. The summed E-state index contributed by atoms with van der Waals surface area (Å²) in [7, 11) is 0. The summed E-state index contributed by atoms with van der Waals surface area (Å²) in [4.78, 5) is 33.5. The lowest BCUT2D eigenvalue weighted by atomic mass is 9.98. The molecule has 0 fully saturated rings. The van der Waals surface area contributed by atoms with Gasteiger partial charge < -0.3 is 13.9 Å². The number of aromatic nitrogens is 1. The molecule has 0 N–H and O–H groups in total. The molecule has 1 atom stereocenters. The maximum atomic E-state index is 13.8. The number of carbonyl (C=O) groups excluding carboxylic acids is 1. The Morgan fingerprint density at radius 1 is 1.11 bits per heavy atom. The number of hydrogen-bond acceptors (Lipinski definition) is 6. The summed E-state index contributed by atoms with van der Waals surface area (Å²) in [5, 5.41) is 0.385. The highest BCUT2D eigenvalue weighted by atomic mass is 79.9. The average Bonchev–Trinajstić information content (AvgIpc) is 3.16. The number of nitrogens with zero attached hydrogens (tertiary/aromatic N) is 2. The summed E-state index contributed by atoms with van der Waals surface area (Å²) in [6, 6.07) is 13.4. The third-order valence-electron chi connectivity index (χ3n) is 5.92. The van der Waals surface area contributed by atoms with Gasteiger partial charge in [0, 0.05) is 10.7 Å². The van der Waals surface area contributed by atoms with E-state index in [1.165, 1.54) is 4.90 Å². The number of ether oxygens (including phenoxy) is 2. The monoisotopic (exact) mass is 546 g/mol. The number of pyridine rings is 1. The summed E-state index contributed by atoms with van der Waals surface area (Å²) < 4.78 is 18.4. The smallest absolute Gasteiger partial charge is 0.296 e. The van der Waals surface area contributed by atoms with Gasteiger partial charge in [0.25, 0.3) is 5.91 Å². The second-order valence-electron chi connectivity index (χ2n) is 8.32. The van der Waals surface area contributed by atoms with Crippen LogP contribution < -0.4 is 19.8 Å². The minimum Gasteiger partial charge on any atom is -0.490 e. The van der Waals surface area contributed by atoms with Gasteiger partial charge >= 0.3 is 0 Å². The van der Waals surface area contributed by atoms with Crippen molar-refractivity contribution in [3.8, 4) is 11.5 Å². The highest BCUT2D eigenvalue weighted by Crippen LogP contribution is 2.43. The molecule has 7 nitrogen and oxygen atoms in total. The van der Waals surface area contributed by atoms with Gasteiger partial charge in [-0.05, 0) is 67.4 Å². The third kappa shape index (κ3) is 4.07. The largest absolute Gasteiger partial charge is 0.490 e. The van der Waals surface area contributed by atoms with Crippen LogP contribution >= 0.6 is 15.9 Å². The number of rotatable bonds is 7. The standard InChI is InChI=1S/C28H23BrN2O5/c1-4-12-35-21-8-6-17(14-22(21)34-5-2)25-24-26(32)19-15-18(29)7-9-20(19)36-27(24)28(33)31(25)23-13-16(3)10-11-30-23/h4,6-11,13-15,25H,1,5,12H2,2-3H3. The Morgan fingerprint density at radius 3 is 2.69 bits per heavy atom. The molecule has 0 saturated heterocycles. The summed E-state index contributed by atoms with van der Waals surface area (Å²) in [6.45, 7) is 8.21. The molecule has 2 aromatic carbocycles. The van der Waals surface area contributed by atoms with E-state index in [2.05, 4.69) is 27.5 Å². The number of amides is 1. The molecule has 0 aliphatic carbocycles. The van der Waals surface area contributed by atoms with E-state index in [9.17, 15) is 9.59 Å². The van der Waals surface area contributed by atoms with Crippen LogP contribution in [0.5, 0.6) is 11.5 Å². The zero-order chi connectivity index (χ0) is 25.4. The minimum absolute atomic E-state index is 0.00747. The number of carbonyl (C=O) groups is 1. The molecule has 1 unspecified atom stereocenters. The summed E-state index contributed by atoms with van der Waals surface area (Å²) in [5.74, 6) is 1.04. The van der Waals surface area contributed by atoms with Crippen molar-refractivity contribution in [2.24, 2.45) is 0 Å². The molecule has 0 saturated carbocycles. The van der Waals surface area contributed by atoms with Crippen molar-refractivity contribution in [3.63, 3.8) is 0 Å². The van der Waals surface area contributed by atoms with Gasteiger partial charge in [0.2, 0.25) is 5.76 Å². The van der Waals surface area contributed by atoms with E-state index in [4.69, 9.17) is 13.9 Å². The first-order chi connectivity index (χ1) is 17.4. The zero-order valence-electron chi connectivity index (χ0n) is 19.8. The van der Waals surface area contributed by atoms with E-state index < -0.39 is 11.9 Å². The summed E-state index contributed by atoms with van der Waals surface area (Å²) >= 11 is 3.43. The lowest BCUT2D eigenvalue weighted by Gasteiger charge is -2.25. The Kier molecular flexibility index (Phi) is 6.36. The fourth-order valence-corrected chi connectivity index (χ4v) is 4.74. The average molecular weight is 547 g/mol. The SMILES string of the molecule is C=CCOc1ccc(C2c3c(oc4ccc(Br)cc4c3=O)C(=O)N2c2cc(C)ccn2)cc1OCC. The second kappa shape index (κ2) is 9.62. The quantitative estimate of drug-likeness (QED) is 0.265. The molecule has 3 heterocycles. The second-order valence-corrected chi connectivity index (χ2v) is 9.24. The Hall–Kier alpha value is -3.91. The number of benzene rings is 2. The zero-order valence-corrected chi connectivity index (χ0v) is 21.4. The molecule has 0 spiro atoms. The maximum absolute atomic E-state index is 13.8. The number of hydrogen-bond donors (Lipinski definition) is 0. The van der Waals surface area contributed by atoms with Crippen LogP contribution in [0.3, 0.4) is 0 Å². The molecule has 5 rings (SSSR count). The Labute approximate surface area is 216 Å². The van der Waals surface area contributed by atoms with Crippen molar-refractivity contribution in [2.45, 2.75) is 19.9 Å². The van der Waals surface area contributed by atoms with Gasteiger partial charge in [-0.2, -0.15) is 0 Å². The maximum Gasteiger partial charge on any atom is 0.296 e. The third-order valence-corrected chi connectivity index (χ3v) is 6.41. The molecule has 182 valence electrons. The topological polar surface area (TPSA) is 81.9 Å². The molecule has 0 radical (unpaired) electrons. The first-order valence-corrected chi connectivity index (χ1v) is 12.2. The Bertz CT molecular complexity index is 1560. The van der Waals surface area contributed by atoms with Crippen LogP contribution in [-0.2, 0) is 0 Å².